The number of aromatic amines is 1. The fourth-order valence-corrected chi connectivity index (χ4v) is 1.20. The average Bonchev–Trinajstić information content (AvgIpc) is 2.49. The highest BCUT2D eigenvalue weighted by Crippen LogP contribution is 2.18. The Balaban J connectivity index is 2.54. The van der Waals surface area contributed by atoms with Crippen LogP contribution >= 0.6 is 0 Å². The molecular formula is C9H10N4. The molecule has 0 aliphatic heterocycles. The summed E-state index contributed by atoms with van der Waals surface area (Å²) < 4.78 is 0. The fourth-order valence-electron chi connectivity index (χ4n) is 1.20. The molecule has 0 saturated heterocycles. The molecule has 13 heavy (non-hydrogen) atoms. The van der Waals surface area contributed by atoms with Crippen molar-refractivity contribution in [3.05, 3.63) is 24.4 Å². The minimum absolute atomic E-state index is 0.558. The molecule has 1 heterocycles. The van der Waals surface area contributed by atoms with Gasteiger partial charge in [0.15, 0.2) is 0 Å². The van der Waals surface area contributed by atoms with Crippen molar-refractivity contribution in [1.82, 2.24) is 10.2 Å². The zero-order chi connectivity index (χ0) is 9.26. The molecule has 4 heteroatoms. The summed E-state index contributed by atoms with van der Waals surface area (Å²) in [4.78, 5) is 4.14. The summed E-state index contributed by atoms with van der Waals surface area (Å²) in [5.41, 5.74) is 7.33. The van der Waals surface area contributed by atoms with Crippen molar-refractivity contribution >= 4 is 22.4 Å². The number of nitrogens with two attached hydrogens (primary N) is 1. The van der Waals surface area contributed by atoms with Crippen LogP contribution in [0.1, 0.15) is 6.92 Å². The van der Waals surface area contributed by atoms with Crippen molar-refractivity contribution in [1.29, 1.82) is 0 Å². The van der Waals surface area contributed by atoms with Crippen molar-refractivity contribution in [2.45, 2.75) is 6.92 Å². The molecule has 0 fully saturated rings. The summed E-state index contributed by atoms with van der Waals surface area (Å²) in [6.45, 7) is 1.76. The van der Waals surface area contributed by atoms with Gasteiger partial charge in [0, 0.05) is 5.39 Å². The molecule has 0 atom stereocenters. The smallest absolute Gasteiger partial charge is 0.0964 e. The lowest BCUT2D eigenvalue weighted by Gasteiger charge is -1.94. The van der Waals surface area contributed by atoms with Crippen molar-refractivity contribution in [2.75, 3.05) is 0 Å². The van der Waals surface area contributed by atoms with Gasteiger partial charge in [-0.25, -0.2) is 4.99 Å². The van der Waals surface area contributed by atoms with Gasteiger partial charge in [0.1, 0.15) is 0 Å². The zero-order valence-corrected chi connectivity index (χ0v) is 7.28. The first-order valence-corrected chi connectivity index (χ1v) is 3.99. The number of aromatic nitrogens is 2. The molecule has 0 radical (unpaired) electrons. The van der Waals surface area contributed by atoms with E-state index in [9.17, 15) is 0 Å². The Labute approximate surface area is 75.5 Å². The number of amidine groups is 1. The Bertz CT molecular complexity index is 451. The van der Waals surface area contributed by atoms with Gasteiger partial charge >= 0.3 is 0 Å². The van der Waals surface area contributed by atoms with E-state index >= 15 is 0 Å². The monoisotopic (exact) mass is 174 g/mol. The van der Waals surface area contributed by atoms with Crippen LogP contribution in [0.4, 0.5) is 5.69 Å². The van der Waals surface area contributed by atoms with E-state index in [0.717, 1.165) is 16.6 Å². The quantitative estimate of drug-likeness (QED) is 0.509. The molecule has 0 saturated carbocycles. The molecule has 0 unspecified atom stereocenters. The average molecular weight is 174 g/mol. The number of rotatable bonds is 1. The van der Waals surface area contributed by atoms with Gasteiger partial charge in [0.25, 0.3) is 0 Å². The Kier molecular flexibility index (Phi) is 1.73. The van der Waals surface area contributed by atoms with Crippen molar-refractivity contribution in [3.8, 4) is 0 Å². The third kappa shape index (κ3) is 1.51. The Morgan fingerprint density at radius 2 is 2.38 bits per heavy atom. The van der Waals surface area contributed by atoms with Crippen LogP contribution in [0.15, 0.2) is 29.4 Å². The molecule has 0 bridgehead atoms. The van der Waals surface area contributed by atoms with Gasteiger partial charge in [-0.3, -0.25) is 5.10 Å². The zero-order valence-electron chi connectivity index (χ0n) is 7.28. The highest BCUT2D eigenvalue weighted by atomic mass is 15.1. The maximum atomic E-state index is 5.47. The van der Waals surface area contributed by atoms with Crippen LogP contribution in [0.25, 0.3) is 10.9 Å². The number of hydrogen-bond donors (Lipinski definition) is 2. The van der Waals surface area contributed by atoms with Crippen LogP contribution in [0, 0.1) is 0 Å². The summed E-state index contributed by atoms with van der Waals surface area (Å²) in [5.74, 6) is 0.558. The predicted octanol–water partition coefficient (Wildman–Crippen LogP) is 1.57. The van der Waals surface area contributed by atoms with E-state index in [2.05, 4.69) is 15.2 Å². The first-order chi connectivity index (χ1) is 6.25. The molecule has 3 N–H and O–H groups in total. The van der Waals surface area contributed by atoms with Crippen molar-refractivity contribution in [2.24, 2.45) is 10.7 Å². The molecular weight excluding hydrogens is 164 g/mol. The molecule has 1 aromatic heterocycles. The number of fused-ring (bicyclic) bond motifs is 1. The predicted molar refractivity (Wildman–Crippen MR) is 53.1 cm³/mol. The second-order valence-electron chi connectivity index (χ2n) is 2.89. The van der Waals surface area contributed by atoms with Crippen molar-refractivity contribution < 1.29 is 0 Å². The van der Waals surface area contributed by atoms with Gasteiger partial charge in [0.05, 0.1) is 23.2 Å². The number of nitrogens with one attached hydrogen (secondary N) is 1. The SMILES string of the molecule is CC(N)=Nc1ccc2[nH]ncc2c1. The lowest BCUT2D eigenvalue weighted by Crippen LogP contribution is -2.03. The van der Waals surface area contributed by atoms with Crippen LogP contribution in [-0.4, -0.2) is 16.0 Å². The molecule has 4 nitrogen and oxygen atoms in total. The fraction of sp³-hybridized carbons (Fsp3) is 0.111. The number of H-pyrrole nitrogens is 1. The summed E-state index contributed by atoms with van der Waals surface area (Å²) in [6, 6.07) is 5.77. The highest BCUT2D eigenvalue weighted by molar-refractivity contribution is 5.85. The van der Waals surface area contributed by atoms with Crippen LogP contribution in [0.5, 0.6) is 0 Å². The molecule has 1 aromatic carbocycles. The second kappa shape index (κ2) is 2.90. The second-order valence-corrected chi connectivity index (χ2v) is 2.89. The van der Waals surface area contributed by atoms with Gasteiger partial charge in [-0.2, -0.15) is 5.10 Å². The van der Waals surface area contributed by atoms with Gasteiger partial charge in [-0.1, -0.05) is 0 Å². The summed E-state index contributed by atoms with van der Waals surface area (Å²) in [5, 5.41) is 7.83. The molecule has 0 amide bonds. The van der Waals surface area contributed by atoms with Gasteiger partial charge in [0.2, 0.25) is 0 Å². The number of aliphatic imine (C=N–C) groups is 1. The Morgan fingerprint density at radius 3 is 3.15 bits per heavy atom. The van der Waals surface area contributed by atoms with Crippen LogP contribution in [0.2, 0.25) is 0 Å². The van der Waals surface area contributed by atoms with Crippen molar-refractivity contribution in [3.63, 3.8) is 0 Å². The van der Waals surface area contributed by atoms with E-state index in [4.69, 9.17) is 5.73 Å². The van der Waals surface area contributed by atoms with E-state index in [1.54, 1.807) is 13.1 Å². The largest absolute Gasteiger partial charge is 0.387 e. The number of nitrogens with zero attached hydrogens (tertiary/aromatic N) is 2. The molecule has 0 aliphatic rings. The topological polar surface area (TPSA) is 67.1 Å². The summed E-state index contributed by atoms with van der Waals surface area (Å²) >= 11 is 0. The van der Waals surface area contributed by atoms with Gasteiger partial charge in [-0.15, -0.1) is 0 Å². The molecule has 2 rings (SSSR count). The van der Waals surface area contributed by atoms with Gasteiger partial charge in [-0.05, 0) is 25.1 Å². The highest BCUT2D eigenvalue weighted by Gasteiger charge is 1.95. The standard InChI is InChI=1S/C9H10N4/c1-6(10)12-8-2-3-9-7(4-8)5-11-13-9/h2-5H,1H3,(H2,10,12)(H,11,13). The molecule has 2 aromatic rings. The van der Waals surface area contributed by atoms with E-state index < -0.39 is 0 Å². The van der Waals surface area contributed by atoms with Crippen LogP contribution < -0.4 is 5.73 Å². The summed E-state index contributed by atoms with van der Waals surface area (Å²) in [6.07, 6.45) is 1.76. The maximum absolute atomic E-state index is 5.47. The molecule has 0 spiro atoms. The van der Waals surface area contributed by atoms with E-state index in [1.165, 1.54) is 0 Å². The van der Waals surface area contributed by atoms with E-state index in [-0.39, 0.29) is 0 Å². The third-order valence-electron chi connectivity index (χ3n) is 1.73. The molecule has 0 aliphatic carbocycles. The lowest BCUT2D eigenvalue weighted by atomic mass is 10.2. The lowest BCUT2D eigenvalue weighted by molar-refractivity contribution is 1.12. The van der Waals surface area contributed by atoms with E-state index in [0.29, 0.717) is 5.84 Å². The first kappa shape index (κ1) is 7.79. The minimum atomic E-state index is 0.558. The summed E-state index contributed by atoms with van der Waals surface area (Å²) in [7, 11) is 0. The molecule has 66 valence electrons. The number of hydrogen-bond acceptors (Lipinski definition) is 2. The first-order valence-electron chi connectivity index (χ1n) is 3.99. The van der Waals surface area contributed by atoms with E-state index in [1.807, 2.05) is 18.2 Å². The minimum Gasteiger partial charge on any atom is -0.387 e. The Hall–Kier alpha value is -1.84. The van der Waals surface area contributed by atoms with Crippen LogP contribution in [-0.2, 0) is 0 Å². The third-order valence-corrected chi connectivity index (χ3v) is 1.73. The Morgan fingerprint density at radius 1 is 1.54 bits per heavy atom. The maximum Gasteiger partial charge on any atom is 0.0964 e. The van der Waals surface area contributed by atoms with Crippen LogP contribution in [0.3, 0.4) is 0 Å². The normalized spacial score (nSPS) is 12.2. The number of benzene rings is 1. The van der Waals surface area contributed by atoms with Gasteiger partial charge < -0.3 is 5.73 Å².